The van der Waals surface area contributed by atoms with Crippen LogP contribution in [0.2, 0.25) is 5.02 Å². The molecular formula is C14H21ClN2O3. The van der Waals surface area contributed by atoms with E-state index in [4.69, 9.17) is 21.1 Å². The summed E-state index contributed by atoms with van der Waals surface area (Å²) in [7, 11) is 3.16. The van der Waals surface area contributed by atoms with Crippen LogP contribution in [0.4, 0.5) is 10.5 Å². The van der Waals surface area contributed by atoms with Gasteiger partial charge in [-0.1, -0.05) is 18.5 Å². The quantitative estimate of drug-likeness (QED) is 0.841. The van der Waals surface area contributed by atoms with Gasteiger partial charge in [0.15, 0.2) is 0 Å². The summed E-state index contributed by atoms with van der Waals surface area (Å²) >= 11 is 5.94. The summed E-state index contributed by atoms with van der Waals surface area (Å²) in [4.78, 5) is 13.9. The molecule has 2 amide bonds. The Bertz CT molecular complexity index is 440. The van der Waals surface area contributed by atoms with Crippen LogP contribution in [-0.4, -0.2) is 44.8 Å². The van der Waals surface area contributed by atoms with Crippen LogP contribution in [-0.2, 0) is 4.74 Å². The average molecular weight is 301 g/mol. The van der Waals surface area contributed by atoms with Gasteiger partial charge in [0, 0.05) is 25.2 Å². The number of urea groups is 1. The predicted molar refractivity (Wildman–Crippen MR) is 80.8 cm³/mol. The van der Waals surface area contributed by atoms with Gasteiger partial charge >= 0.3 is 6.03 Å². The molecule has 6 heteroatoms. The molecule has 0 aromatic heterocycles. The van der Waals surface area contributed by atoms with E-state index in [1.54, 1.807) is 37.3 Å². The van der Waals surface area contributed by atoms with Gasteiger partial charge in [-0.05, 0) is 24.6 Å². The van der Waals surface area contributed by atoms with Crippen LogP contribution in [0.5, 0.6) is 5.75 Å². The minimum Gasteiger partial charge on any atom is -0.495 e. The lowest BCUT2D eigenvalue weighted by Gasteiger charge is -2.22. The average Bonchev–Trinajstić information content (AvgIpc) is 2.43. The molecule has 0 aliphatic rings. The van der Waals surface area contributed by atoms with E-state index in [9.17, 15) is 4.79 Å². The van der Waals surface area contributed by atoms with Crippen LogP contribution >= 0.6 is 11.6 Å². The van der Waals surface area contributed by atoms with Crippen molar-refractivity contribution in [2.45, 2.75) is 13.3 Å². The van der Waals surface area contributed by atoms with Gasteiger partial charge in [-0.25, -0.2) is 4.79 Å². The number of nitrogens with one attached hydrogen (secondary N) is 1. The Morgan fingerprint density at radius 1 is 1.35 bits per heavy atom. The van der Waals surface area contributed by atoms with Gasteiger partial charge < -0.3 is 19.7 Å². The molecule has 0 unspecified atom stereocenters. The second-order valence-corrected chi connectivity index (χ2v) is 4.69. The summed E-state index contributed by atoms with van der Waals surface area (Å²) < 4.78 is 10.2. The number of methoxy groups -OCH3 is 2. The molecule has 1 aromatic rings. The number of halogens is 1. The zero-order chi connectivity index (χ0) is 15.0. The lowest BCUT2D eigenvalue weighted by molar-refractivity contribution is 0.155. The van der Waals surface area contributed by atoms with E-state index >= 15 is 0 Å². The van der Waals surface area contributed by atoms with Gasteiger partial charge in [-0.2, -0.15) is 0 Å². The van der Waals surface area contributed by atoms with E-state index in [1.165, 1.54) is 0 Å². The fourth-order valence-electron chi connectivity index (χ4n) is 1.76. The smallest absolute Gasteiger partial charge is 0.322 e. The number of carbonyl (C=O) groups is 1. The second kappa shape index (κ2) is 8.66. The Morgan fingerprint density at radius 3 is 2.70 bits per heavy atom. The van der Waals surface area contributed by atoms with E-state index < -0.39 is 0 Å². The van der Waals surface area contributed by atoms with E-state index in [2.05, 4.69) is 5.32 Å². The Balaban J connectivity index is 2.78. The van der Waals surface area contributed by atoms with Crippen molar-refractivity contribution in [2.75, 3.05) is 39.2 Å². The van der Waals surface area contributed by atoms with Gasteiger partial charge in [-0.15, -0.1) is 0 Å². The van der Waals surface area contributed by atoms with Crippen molar-refractivity contribution in [3.8, 4) is 5.75 Å². The molecule has 0 aliphatic heterocycles. The first-order chi connectivity index (χ1) is 9.62. The summed E-state index contributed by atoms with van der Waals surface area (Å²) in [6.45, 7) is 3.73. The summed E-state index contributed by atoms with van der Waals surface area (Å²) in [6.07, 6.45) is 0.879. The van der Waals surface area contributed by atoms with Crippen LogP contribution in [0.15, 0.2) is 18.2 Å². The molecule has 0 bridgehead atoms. The normalized spacial score (nSPS) is 10.2. The second-order valence-electron chi connectivity index (χ2n) is 4.25. The van der Waals surface area contributed by atoms with Crippen LogP contribution in [0.25, 0.3) is 0 Å². The van der Waals surface area contributed by atoms with E-state index in [1.807, 2.05) is 6.92 Å². The number of carbonyl (C=O) groups excluding carboxylic acids is 1. The first-order valence-corrected chi connectivity index (χ1v) is 6.88. The number of rotatable bonds is 7. The Labute approximate surface area is 124 Å². The number of amides is 2. The molecule has 1 aromatic carbocycles. The van der Waals surface area contributed by atoms with Gasteiger partial charge in [0.05, 0.1) is 19.4 Å². The number of nitrogens with zero attached hydrogens (tertiary/aromatic N) is 1. The molecule has 1 rings (SSSR count). The molecule has 0 saturated heterocycles. The largest absolute Gasteiger partial charge is 0.495 e. The molecular weight excluding hydrogens is 280 g/mol. The lowest BCUT2D eigenvalue weighted by Crippen LogP contribution is -2.37. The van der Waals surface area contributed by atoms with E-state index in [0.717, 1.165) is 6.42 Å². The number of hydrogen-bond donors (Lipinski definition) is 1. The van der Waals surface area contributed by atoms with Crippen molar-refractivity contribution >= 4 is 23.3 Å². The van der Waals surface area contributed by atoms with E-state index in [-0.39, 0.29) is 6.03 Å². The third-order valence-electron chi connectivity index (χ3n) is 2.75. The van der Waals surface area contributed by atoms with Gasteiger partial charge in [0.25, 0.3) is 0 Å². The number of anilines is 1. The fourth-order valence-corrected chi connectivity index (χ4v) is 1.93. The zero-order valence-corrected chi connectivity index (χ0v) is 12.9. The first kappa shape index (κ1) is 16.6. The molecule has 0 radical (unpaired) electrons. The summed E-state index contributed by atoms with van der Waals surface area (Å²) in [5.41, 5.74) is 0.559. The topological polar surface area (TPSA) is 50.8 Å². The Morgan fingerprint density at radius 2 is 2.10 bits per heavy atom. The number of hydrogen-bond acceptors (Lipinski definition) is 3. The SMILES string of the molecule is CCCN(CCOC)C(=O)Nc1cc(Cl)ccc1OC. The number of benzene rings is 1. The molecule has 0 saturated carbocycles. The predicted octanol–water partition coefficient (Wildman–Crippen LogP) is 3.24. The molecule has 0 atom stereocenters. The highest BCUT2D eigenvalue weighted by Gasteiger charge is 2.14. The van der Waals surface area contributed by atoms with Crippen molar-refractivity contribution in [1.82, 2.24) is 4.90 Å². The summed E-state index contributed by atoms with van der Waals surface area (Å²) in [6, 6.07) is 4.91. The van der Waals surface area contributed by atoms with Gasteiger partial charge in [0.1, 0.15) is 5.75 Å². The molecule has 0 aliphatic carbocycles. The highest BCUT2D eigenvalue weighted by Crippen LogP contribution is 2.27. The van der Waals surface area contributed by atoms with Crippen LogP contribution < -0.4 is 10.1 Å². The minimum absolute atomic E-state index is 0.190. The molecule has 0 spiro atoms. The lowest BCUT2D eigenvalue weighted by atomic mass is 10.3. The van der Waals surface area contributed by atoms with Gasteiger partial charge in [-0.3, -0.25) is 0 Å². The van der Waals surface area contributed by atoms with Crippen LogP contribution in [0.1, 0.15) is 13.3 Å². The van der Waals surface area contributed by atoms with Crippen LogP contribution in [0.3, 0.4) is 0 Å². The molecule has 0 fully saturated rings. The monoisotopic (exact) mass is 300 g/mol. The molecule has 0 heterocycles. The summed E-state index contributed by atoms with van der Waals surface area (Å²) in [5.74, 6) is 0.575. The standard InChI is InChI=1S/C14H21ClN2O3/c1-4-7-17(8-9-19-2)14(18)16-12-10-11(15)5-6-13(12)20-3/h5-6,10H,4,7-9H2,1-3H3,(H,16,18). The minimum atomic E-state index is -0.190. The fraction of sp³-hybridized carbons (Fsp3) is 0.500. The first-order valence-electron chi connectivity index (χ1n) is 6.50. The Kier molecular flexibility index (Phi) is 7.18. The maximum absolute atomic E-state index is 12.2. The van der Waals surface area contributed by atoms with Crippen molar-refractivity contribution in [1.29, 1.82) is 0 Å². The molecule has 112 valence electrons. The van der Waals surface area contributed by atoms with Crippen molar-refractivity contribution in [3.05, 3.63) is 23.2 Å². The third-order valence-corrected chi connectivity index (χ3v) is 2.98. The molecule has 5 nitrogen and oxygen atoms in total. The third kappa shape index (κ3) is 4.90. The highest BCUT2D eigenvalue weighted by atomic mass is 35.5. The van der Waals surface area contributed by atoms with Crippen molar-refractivity contribution < 1.29 is 14.3 Å². The van der Waals surface area contributed by atoms with E-state index in [0.29, 0.717) is 36.2 Å². The summed E-state index contributed by atoms with van der Waals surface area (Å²) in [5, 5.41) is 3.36. The highest BCUT2D eigenvalue weighted by molar-refractivity contribution is 6.31. The van der Waals surface area contributed by atoms with Crippen molar-refractivity contribution in [2.24, 2.45) is 0 Å². The van der Waals surface area contributed by atoms with Crippen molar-refractivity contribution in [3.63, 3.8) is 0 Å². The van der Waals surface area contributed by atoms with Gasteiger partial charge in [0.2, 0.25) is 0 Å². The molecule has 20 heavy (non-hydrogen) atoms. The molecule has 1 N–H and O–H groups in total. The maximum Gasteiger partial charge on any atom is 0.322 e. The van der Waals surface area contributed by atoms with Crippen LogP contribution in [0, 0.1) is 0 Å². The maximum atomic E-state index is 12.2. The zero-order valence-electron chi connectivity index (χ0n) is 12.1. The Hall–Kier alpha value is -1.46. The number of ether oxygens (including phenoxy) is 2.